The first-order valence-electron chi connectivity index (χ1n) is 11.9. The molecule has 4 saturated carbocycles. The monoisotopic (exact) mass is 427 g/mol. The summed E-state index contributed by atoms with van der Waals surface area (Å²) >= 11 is 0. The van der Waals surface area contributed by atoms with Gasteiger partial charge < -0.3 is 15.4 Å². The second kappa shape index (κ2) is 9.60. The van der Waals surface area contributed by atoms with E-state index in [1.165, 1.54) is 38.5 Å². The summed E-state index contributed by atoms with van der Waals surface area (Å²) in [6.07, 6.45) is 9.01. The van der Waals surface area contributed by atoms with E-state index in [2.05, 4.69) is 17.6 Å². The van der Waals surface area contributed by atoms with E-state index in [-0.39, 0.29) is 24.9 Å². The molecule has 4 bridgehead atoms. The van der Waals surface area contributed by atoms with E-state index >= 15 is 0 Å². The Hall–Kier alpha value is -2.08. The Morgan fingerprint density at radius 2 is 1.65 bits per heavy atom. The summed E-state index contributed by atoms with van der Waals surface area (Å²) < 4.78 is 5.30. The number of carbonyl (C=O) groups excluding carboxylic acids is 2. The fourth-order valence-corrected chi connectivity index (χ4v) is 6.72. The van der Waals surface area contributed by atoms with Gasteiger partial charge in [0.2, 0.25) is 11.8 Å². The molecule has 1 aromatic carbocycles. The van der Waals surface area contributed by atoms with Gasteiger partial charge in [0.25, 0.3) is 0 Å². The van der Waals surface area contributed by atoms with E-state index in [4.69, 9.17) is 4.74 Å². The van der Waals surface area contributed by atoms with E-state index in [9.17, 15) is 9.59 Å². The molecular weight excluding hydrogens is 390 g/mol. The minimum Gasteiger partial charge on any atom is -0.495 e. The van der Waals surface area contributed by atoms with E-state index in [0.717, 1.165) is 30.7 Å². The molecule has 0 aromatic heterocycles. The minimum atomic E-state index is -0.133. The zero-order valence-corrected chi connectivity index (χ0v) is 19.0. The fourth-order valence-electron chi connectivity index (χ4n) is 6.72. The van der Waals surface area contributed by atoms with Crippen molar-refractivity contribution in [1.82, 2.24) is 10.2 Å². The van der Waals surface area contributed by atoms with Gasteiger partial charge in [0.05, 0.1) is 25.9 Å². The maximum atomic E-state index is 12.8. The van der Waals surface area contributed by atoms with E-state index in [1.54, 1.807) is 7.11 Å². The van der Waals surface area contributed by atoms with Gasteiger partial charge in [-0.1, -0.05) is 19.1 Å². The number of nitrogens with one attached hydrogen (secondary N) is 2. The van der Waals surface area contributed by atoms with Crippen molar-refractivity contribution in [2.75, 3.05) is 38.6 Å². The quantitative estimate of drug-likeness (QED) is 0.598. The highest BCUT2D eigenvalue weighted by molar-refractivity contribution is 5.94. The van der Waals surface area contributed by atoms with E-state index < -0.39 is 0 Å². The molecule has 5 rings (SSSR count). The molecule has 0 saturated heterocycles. The highest BCUT2D eigenvalue weighted by Crippen LogP contribution is 2.59. The van der Waals surface area contributed by atoms with Crippen molar-refractivity contribution in [3.63, 3.8) is 0 Å². The number of para-hydroxylation sites is 2. The average molecular weight is 428 g/mol. The van der Waals surface area contributed by atoms with Crippen LogP contribution in [-0.4, -0.2) is 50.0 Å². The number of hydrogen-bond acceptors (Lipinski definition) is 4. The highest BCUT2D eigenvalue weighted by atomic mass is 16.5. The molecule has 0 unspecified atom stereocenters. The Bertz CT molecular complexity index is 759. The van der Waals surface area contributed by atoms with Gasteiger partial charge in [-0.3, -0.25) is 14.5 Å². The van der Waals surface area contributed by atoms with Crippen molar-refractivity contribution >= 4 is 17.5 Å². The molecule has 4 aliphatic rings. The molecule has 0 atom stereocenters. The number of nitrogens with zero attached hydrogens (tertiary/aromatic N) is 1. The van der Waals surface area contributed by atoms with Gasteiger partial charge >= 0.3 is 0 Å². The largest absolute Gasteiger partial charge is 0.495 e. The number of ether oxygens (including phenoxy) is 1. The smallest absolute Gasteiger partial charge is 0.238 e. The third kappa shape index (κ3) is 5.40. The Morgan fingerprint density at radius 1 is 1.03 bits per heavy atom. The molecule has 1 aromatic rings. The third-order valence-electron chi connectivity index (χ3n) is 7.48. The van der Waals surface area contributed by atoms with Crippen LogP contribution < -0.4 is 15.4 Å². The van der Waals surface area contributed by atoms with Crippen LogP contribution in [0.5, 0.6) is 5.75 Å². The van der Waals surface area contributed by atoms with Gasteiger partial charge in [0, 0.05) is 6.54 Å². The maximum Gasteiger partial charge on any atom is 0.238 e. The number of rotatable bonds is 10. The first-order valence-corrected chi connectivity index (χ1v) is 11.9. The zero-order chi connectivity index (χ0) is 21.8. The van der Waals surface area contributed by atoms with Crippen LogP contribution in [0.3, 0.4) is 0 Å². The summed E-state index contributed by atoms with van der Waals surface area (Å²) in [6.45, 7) is 4.04. The van der Waals surface area contributed by atoms with Crippen LogP contribution in [0.4, 0.5) is 5.69 Å². The second-order valence-electron chi connectivity index (χ2n) is 10.2. The average Bonchev–Trinajstić information content (AvgIpc) is 2.72. The van der Waals surface area contributed by atoms with Crippen molar-refractivity contribution < 1.29 is 14.3 Å². The van der Waals surface area contributed by atoms with Crippen molar-refractivity contribution in [3.05, 3.63) is 24.3 Å². The molecule has 6 nitrogen and oxygen atoms in total. The van der Waals surface area contributed by atoms with Gasteiger partial charge in [0.1, 0.15) is 5.75 Å². The van der Waals surface area contributed by atoms with Gasteiger partial charge in [-0.15, -0.1) is 0 Å². The number of methoxy groups -OCH3 is 1. The molecule has 2 amide bonds. The number of anilines is 1. The van der Waals surface area contributed by atoms with Crippen LogP contribution in [0, 0.1) is 23.2 Å². The molecule has 0 heterocycles. The lowest BCUT2D eigenvalue weighted by atomic mass is 9.49. The van der Waals surface area contributed by atoms with E-state index in [0.29, 0.717) is 23.4 Å². The van der Waals surface area contributed by atoms with Crippen LogP contribution >= 0.6 is 0 Å². The molecule has 6 heteroatoms. The lowest BCUT2D eigenvalue weighted by Gasteiger charge is -2.56. The van der Waals surface area contributed by atoms with Crippen LogP contribution in [0.1, 0.15) is 51.9 Å². The van der Waals surface area contributed by atoms with Gasteiger partial charge in [-0.25, -0.2) is 0 Å². The summed E-state index contributed by atoms with van der Waals surface area (Å²) in [5, 5.41) is 6.14. The molecule has 0 spiro atoms. The summed E-state index contributed by atoms with van der Waals surface area (Å²) in [5.74, 6) is 3.20. The predicted molar refractivity (Wildman–Crippen MR) is 122 cm³/mol. The maximum absolute atomic E-state index is 12.8. The van der Waals surface area contributed by atoms with E-state index in [1.807, 2.05) is 29.2 Å². The normalized spacial score (nSPS) is 28.5. The Morgan fingerprint density at radius 3 is 2.26 bits per heavy atom. The first kappa shape index (κ1) is 22.1. The van der Waals surface area contributed by atoms with Crippen molar-refractivity contribution in [2.45, 2.75) is 51.9 Å². The molecule has 0 aliphatic heterocycles. The van der Waals surface area contributed by atoms with Crippen molar-refractivity contribution in [3.8, 4) is 5.75 Å². The zero-order valence-electron chi connectivity index (χ0n) is 19.0. The number of hydrogen-bond donors (Lipinski definition) is 2. The molecule has 170 valence electrons. The Balaban J connectivity index is 1.27. The molecule has 31 heavy (non-hydrogen) atoms. The lowest BCUT2D eigenvalue weighted by Crippen LogP contribution is -2.52. The van der Waals surface area contributed by atoms with Crippen LogP contribution in [0.25, 0.3) is 0 Å². The summed E-state index contributed by atoms with van der Waals surface area (Å²) in [4.78, 5) is 27.3. The Kier molecular flexibility index (Phi) is 6.85. The van der Waals surface area contributed by atoms with Gasteiger partial charge in [0.15, 0.2) is 0 Å². The summed E-state index contributed by atoms with van der Waals surface area (Å²) in [6, 6.07) is 7.36. The van der Waals surface area contributed by atoms with Crippen LogP contribution in [-0.2, 0) is 9.59 Å². The summed E-state index contributed by atoms with van der Waals surface area (Å²) in [5.41, 5.74) is 0.985. The Labute approximate surface area is 186 Å². The fraction of sp³-hybridized carbons (Fsp3) is 0.680. The first-order chi connectivity index (χ1) is 15.0. The standard InChI is InChI=1S/C25H37N3O3/c1-3-8-28(16-24(30)27-21-6-4-5-7-22(21)31-2)15-23(29)26-17-25-12-18-9-19(13-25)11-20(10-18)14-25/h4-7,18-20H,3,8-17H2,1-2H3,(H,26,29)(H,27,30). The number of benzene rings is 1. The molecule has 2 N–H and O–H groups in total. The predicted octanol–water partition coefficient (Wildman–Crippen LogP) is 3.68. The highest BCUT2D eigenvalue weighted by Gasteiger charge is 2.50. The number of carbonyl (C=O) groups is 2. The summed E-state index contributed by atoms with van der Waals surface area (Å²) in [7, 11) is 1.59. The van der Waals surface area contributed by atoms with Crippen LogP contribution in [0.2, 0.25) is 0 Å². The topological polar surface area (TPSA) is 70.7 Å². The molecule has 4 aliphatic carbocycles. The van der Waals surface area contributed by atoms with Gasteiger partial charge in [-0.05, 0) is 86.8 Å². The van der Waals surface area contributed by atoms with Crippen molar-refractivity contribution in [1.29, 1.82) is 0 Å². The molecular formula is C25H37N3O3. The van der Waals surface area contributed by atoms with Gasteiger partial charge in [-0.2, -0.15) is 0 Å². The van der Waals surface area contributed by atoms with Crippen LogP contribution in [0.15, 0.2) is 24.3 Å². The lowest BCUT2D eigenvalue weighted by molar-refractivity contribution is -0.125. The molecule has 0 radical (unpaired) electrons. The van der Waals surface area contributed by atoms with Crippen molar-refractivity contribution in [2.24, 2.45) is 23.2 Å². The minimum absolute atomic E-state index is 0.0364. The molecule has 4 fully saturated rings. The second-order valence-corrected chi connectivity index (χ2v) is 10.2. The third-order valence-corrected chi connectivity index (χ3v) is 7.48. The SMILES string of the molecule is CCCN(CC(=O)NCC12CC3CC(CC(C3)C1)C2)CC(=O)Nc1ccccc1OC. The number of amides is 2.